The van der Waals surface area contributed by atoms with E-state index in [1.807, 2.05) is 13.0 Å². The fourth-order valence-electron chi connectivity index (χ4n) is 4.67. The molecule has 182 valence electrons. The highest BCUT2D eigenvalue weighted by atomic mass is 32.2. The lowest BCUT2D eigenvalue weighted by molar-refractivity contribution is -0.274. The molecule has 3 heterocycles. The predicted molar refractivity (Wildman–Crippen MR) is 118 cm³/mol. The van der Waals surface area contributed by atoms with Crippen LogP contribution in [0.2, 0.25) is 0 Å². The van der Waals surface area contributed by atoms with Crippen LogP contribution in [0.5, 0.6) is 5.75 Å². The van der Waals surface area contributed by atoms with E-state index in [1.165, 1.54) is 22.8 Å². The molecule has 2 fully saturated rings. The van der Waals surface area contributed by atoms with Gasteiger partial charge in [-0.05, 0) is 36.1 Å². The fraction of sp³-hybridized carbons (Fsp3) is 0.429. The zero-order valence-corrected chi connectivity index (χ0v) is 19.0. The van der Waals surface area contributed by atoms with E-state index in [0.717, 1.165) is 35.4 Å². The largest absolute Gasteiger partial charge is 0.573 e. The van der Waals surface area contributed by atoms with Crippen molar-refractivity contribution in [1.82, 2.24) is 24.0 Å². The lowest BCUT2D eigenvalue weighted by Crippen LogP contribution is -2.60. The molecule has 0 bridgehead atoms. The molecule has 1 aromatic carbocycles. The second kappa shape index (κ2) is 8.10. The van der Waals surface area contributed by atoms with Crippen LogP contribution < -0.4 is 14.4 Å². The van der Waals surface area contributed by atoms with Gasteiger partial charge in [-0.25, -0.2) is 9.97 Å². The summed E-state index contributed by atoms with van der Waals surface area (Å²) in [7, 11) is -3.83. The Kier molecular flexibility index (Phi) is 5.45. The molecule has 0 radical (unpaired) electrons. The molecule has 1 saturated carbocycles. The molecule has 34 heavy (non-hydrogen) atoms. The number of aromatic nitrogens is 3. The highest BCUT2D eigenvalue weighted by Crippen LogP contribution is 2.51. The summed E-state index contributed by atoms with van der Waals surface area (Å²) < 4.78 is 71.4. The summed E-state index contributed by atoms with van der Waals surface area (Å²) in [6.07, 6.45) is -0.758. The van der Waals surface area contributed by atoms with Crippen LogP contribution in [0, 0.1) is 5.92 Å². The number of hydrogen-bond acceptors (Lipinski definition) is 6. The first-order valence-corrected chi connectivity index (χ1v) is 12.2. The molecule has 9 nitrogen and oxygen atoms in total. The van der Waals surface area contributed by atoms with Crippen LogP contribution in [-0.4, -0.2) is 59.2 Å². The van der Waals surface area contributed by atoms with Crippen LogP contribution in [0.3, 0.4) is 0 Å². The molecule has 2 N–H and O–H groups in total. The van der Waals surface area contributed by atoms with Crippen molar-refractivity contribution >= 4 is 27.1 Å². The monoisotopic (exact) mass is 496 g/mol. The maximum atomic E-state index is 13.2. The third-order valence-corrected chi connectivity index (χ3v) is 8.13. The molecule has 2 atom stereocenters. The van der Waals surface area contributed by atoms with Crippen molar-refractivity contribution in [3.05, 3.63) is 48.4 Å². The van der Waals surface area contributed by atoms with Gasteiger partial charge in [-0.1, -0.05) is 19.1 Å². The molecular formula is C21H23F3N6O3S. The fourth-order valence-corrected chi connectivity index (χ4v) is 6.29. The van der Waals surface area contributed by atoms with Gasteiger partial charge in [0.2, 0.25) is 0 Å². The van der Waals surface area contributed by atoms with Crippen molar-refractivity contribution in [3.8, 4) is 5.75 Å². The summed E-state index contributed by atoms with van der Waals surface area (Å²) in [5.41, 5.74) is 0.707. The quantitative estimate of drug-likeness (QED) is 0.544. The zero-order valence-electron chi connectivity index (χ0n) is 18.2. The van der Waals surface area contributed by atoms with Crippen LogP contribution in [0.4, 0.5) is 19.0 Å². The number of alkyl halides is 3. The van der Waals surface area contributed by atoms with E-state index in [0.29, 0.717) is 18.7 Å². The number of piperazine rings is 1. The van der Waals surface area contributed by atoms with Crippen LogP contribution in [0.1, 0.15) is 18.9 Å². The lowest BCUT2D eigenvalue weighted by atomic mass is 10.1. The van der Waals surface area contributed by atoms with Crippen molar-refractivity contribution in [2.24, 2.45) is 5.92 Å². The van der Waals surface area contributed by atoms with Gasteiger partial charge in [-0.3, -0.25) is 0 Å². The Balaban J connectivity index is 1.28. The number of rotatable bonds is 6. The number of ether oxygens (including phenoxy) is 1. The number of anilines is 1. The number of aromatic amines is 1. The van der Waals surface area contributed by atoms with E-state index in [4.69, 9.17) is 0 Å². The van der Waals surface area contributed by atoms with Crippen LogP contribution in [0.15, 0.2) is 42.9 Å². The van der Waals surface area contributed by atoms with Crippen LogP contribution in [0.25, 0.3) is 11.0 Å². The van der Waals surface area contributed by atoms with Crippen molar-refractivity contribution in [2.45, 2.75) is 31.8 Å². The van der Waals surface area contributed by atoms with Gasteiger partial charge in [-0.2, -0.15) is 17.4 Å². The third-order valence-electron chi connectivity index (χ3n) is 6.49. The number of benzene rings is 1. The maximum Gasteiger partial charge on any atom is 0.573 e. The second-order valence-corrected chi connectivity index (χ2v) is 10.3. The van der Waals surface area contributed by atoms with E-state index >= 15 is 0 Å². The highest BCUT2D eigenvalue weighted by Gasteiger charge is 2.61. The minimum absolute atomic E-state index is 0.0464. The summed E-state index contributed by atoms with van der Waals surface area (Å²) >= 11 is 0. The van der Waals surface area contributed by atoms with E-state index in [2.05, 4.69) is 29.3 Å². The SMILES string of the molecule is CC1CC12CN(c1ncnc3[nH]ccc13)CCN2S(=O)(=O)NCc1ccc(OC(F)(F)F)cc1. The number of halogens is 3. The van der Waals surface area contributed by atoms with E-state index < -0.39 is 22.1 Å². The van der Waals surface area contributed by atoms with Gasteiger partial charge in [-0.15, -0.1) is 13.2 Å². The molecule has 13 heteroatoms. The summed E-state index contributed by atoms with van der Waals surface area (Å²) in [5.74, 6) is 0.590. The summed E-state index contributed by atoms with van der Waals surface area (Å²) in [5, 5.41) is 0.887. The molecule has 1 saturated heterocycles. The Morgan fingerprint density at radius 1 is 1.21 bits per heavy atom. The first-order chi connectivity index (χ1) is 16.1. The molecule has 2 aliphatic rings. The Bertz CT molecular complexity index is 1300. The number of hydrogen-bond donors (Lipinski definition) is 2. The number of nitrogens with one attached hydrogen (secondary N) is 2. The molecule has 5 rings (SSSR count). The van der Waals surface area contributed by atoms with Gasteiger partial charge in [0.15, 0.2) is 0 Å². The van der Waals surface area contributed by atoms with Crippen molar-refractivity contribution < 1.29 is 26.3 Å². The smallest absolute Gasteiger partial charge is 0.406 e. The normalized spacial score (nSPS) is 23.5. The number of nitrogens with zero attached hydrogens (tertiary/aromatic N) is 4. The summed E-state index contributed by atoms with van der Waals surface area (Å²) in [6, 6.07) is 7.01. The Morgan fingerprint density at radius 2 is 1.94 bits per heavy atom. The Hall–Kier alpha value is -2.90. The molecule has 0 amide bonds. The van der Waals surface area contributed by atoms with Gasteiger partial charge in [0.25, 0.3) is 10.2 Å². The summed E-state index contributed by atoms with van der Waals surface area (Å²) in [4.78, 5) is 13.8. The van der Waals surface area contributed by atoms with Crippen molar-refractivity contribution in [3.63, 3.8) is 0 Å². The maximum absolute atomic E-state index is 13.2. The van der Waals surface area contributed by atoms with Crippen molar-refractivity contribution in [2.75, 3.05) is 24.5 Å². The molecule has 2 unspecified atom stereocenters. The predicted octanol–water partition coefficient (Wildman–Crippen LogP) is 2.79. The molecule has 3 aromatic rings. The lowest BCUT2D eigenvalue weighted by Gasteiger charge is -2.42. The number of fused-ring (bicyclic) bond motifs is 1. The Morgan fingerprint density at radius 3 is 2.62 bits per heavy atom. The molecule has 2 aromatic heterocycles. The summed E-state index contributed by atoms with van der Waals surface area (Å²) in [6.45, 7) is 3.24. The third kappa shape index (κ3) is 4.30. The second-order valence-electron chi connectivity index (χ2n) is 8.66. The van der Waals surface area contributed by atoms with Crippen LogP contribution >= 0.6 is 0 Å². The van der Waals surface area contributed by atoms with Crippen molar-refractivity contribution in [1.29, 1.82) is 0 Å². The number of H-pyrrole nitrogens is 1. The molecule has 1 aliphatic heterocycles. The Labute approximate surface area is 194 Å². The minimum Gasteiger partial charge on any atom is -0.406 e. The van der Waals surface area contributed by atoms with Crippen LogP contribution in [-0.2, 0) is 16.8 Å². The average Bonchev–Trinajstić information content (AvgIpc) is 3.18. The topological polar surface area (TPSA) is 103 Å². The molecular weight excluding hydrogens is 473 g/mol. The molecule has 1 spiro atoms. The van der Waals surface area contributed by atoms with Gasteiger partial charge in [0.05, 0.1) is 10.9 Å². The van der Waals surface area contributed by atoms with E-state index in [1.54, 1.807) is 6.20 Å². The first kappa shape index (κ1) is 22.9. The van der Waals surface area contributed by atoms with E-state index in [9.17, 15) is 21.6 Å². The van der Waals surface area contributed by atoms with Gasteiger partial charge in [0, 0.05) is 32.4 Å². The van der Waals surface area contributed by atoms with Gasteiger partial charge in [0.1, 0.15) is 23.5 Å². The van der Waals surface area contributed by atoms with E-state index in [-0.39, 0.29) is 24.8 Å². The zero-order chi connectivity index (χ0) is 24.1. The first-order valence-electron chi connectivity index (χ1n) is 10.7. The van der Waals surface area contributed by atoms with Gasteiger partial charge >= 0.3 is 6.36 Å². The minimum atomic E-state index is -4.78. The molecule has 1 aliphatic carbocycles. The van der Waals surface area contributed by atoms with Gasteiger partial charge < -0.3 is 14.6 Å². The highest BCUT2D eigenvalue weighted by molar-refractivity contribution is 7.87. The standard InChI is InChI=1S/C21H23F3N6O3S/c1-14-10-20(14)12-29(19-17-6-7-25-18(17)26-13-27-19)8-9-30(20)34(31,32)28-11-15-2-4-16(5-3-15)33-21(22,23)24/h2-7,13-14,28H,8-12H2,1H3,(H,25,26,27). The average molecular weight is 497 g/mol.